The number of carbonyl (C=O) groups excluding carboxylic acids is 4. The van der Waals surface area contributed by atoms with Gasteiger partial charge in [-0.1, -0.05) is 44.2 Å². The third kappa shape index (κ3) is 7.35. The molecule has 1 saturated heterocycles. The van der Waals surface area contributed by atoms with E-state index < -0.39 is 29.8 Å². The second-order valence-electron chi connectivity index (χ2n) is 7.91. The largest absolute Gasteiger partial charge is 0.368 e. The molecule has 162 valence electrons. The third-order valence-electron chi connectivity index (χ3n) is 4.91. The Balaban J connectivity index is 2.01. The van der Waals surface area contributed by atoms with Gasteiger partial charge in [0.15, 0.2) is 0 Å². The molecule has 2 rings (SSSR count). The summed E-state index contributed by atoms with van der Waals surface area (Å²) in [6, 6.07) is 7.53. The number of nitrogens with one attached hydrogen (secondary N) is 3. The highest BCUT2D eigenvalue weighted by molar-refractivity contribution is 5.96. The van der Waals surface area contributed by atoms with Crippen molar-refractivity contribution >= 4 is 29.7 Å². The number of amides is 4. The van der Waals surface area contributed by atoms with Crippen LogP contribution in [0.15, 0.2) is 36.4 Å². The second kappa shape index (κ2) is 11.1. The smallest absolute Gasteiger partial charge is 0.244 e. The van der Waals surface area contributed by atoms with Crippen LogP contribution in [0.4, 0.5) is 0 Å². The van der Waals surface area contributed by atoms with Crippen molar-refractivity contribution < 1.29 is 19.2 Å². The van der Waals surface area contributed by atoms with Gasteiger partial charge < -0.3 is 21.7 Å². The van der Waals surface area contributed by atoms with Crippen molar-refractivity contribution in [3.05, 3.63) is 42.0 Å². The zero-order valence-electron chi connectivity index (χ0n) is 17.4. The summed E-state index contributed by atoms with van der Waals surface area (Å²) < 4.78 is 0. The summed E-state index contributed by atoms with van der Waals surface area (Å²) >= 11 is 0. The van der Waals surface area contributed by atoms with Gasteiger partial charge in [-0.05, 0) is 36.8 Å². The lowest BCUT2D eigenvalue weighted by atomic mass is 9.97. The van der Waals surface area contributed by atoms with Gasteiger partial charge in [0.05, 0.1) is 0 Å². The van der Waals surface area contributed by atoms with Crippen molar-refractivity contribution in [1.29, 1.82) is 0 Å². The Bertz CT molecular complexity index is 792. The van der Waals surface area contributed by atoms with E-state index >= 15 is 0 Å². The van der Waals surface area contributed by atoms with Crippen molar-refractivity contribution in [2.24, 2.45) is 17.6 Å². The summed E-state index contributed by atoms with van der Waals surface area (Å²) in [4.78, 5) is 48.8. The molecule has 1 aromatic rings. The van der Waals surface area contributed by atoms with E-state index in [2.05, 4.69) is 16.0 Å². The second-order valence-corrected chi connectivity index (χ2v) is 7.91. The molecule has 8 nitrogen and oxygen atoms in total. The molecule has 0 aromatic heterocycles. The van der Waals surface area contributed by atoms with E-state index in [1.54, 1.807) is 6.08 Å². The number of carbonyl (C=O) groups is 4. The van der Waals surface area contributed by atoms with Gasteiger partial charge in [-0.25, -0.2) is 0 Å². The van der Waals surface area contributed by atoms with Gasteiger partial charge in [0.25, 0.3) is 0 Å². The van der Waals surface area contributed by atoms with Crippen molar-refractivity contribution in [1.82, 2.24) is 16.0 Å². The van der Waals surface area contributed by atoms with Gasteiger partial charge >= 0.3 is 0 Å². The third-order valence-corrected chi connectivity index (χ3v) is 4.91. The van der Waals surface area contributed by atoms with E-state index in [0.717, 1.165) is 5.56 Å². The average Bonchev–Trinajstić information content (AvgIpc) is 3.10. The van der Waals surface area contributed by atoms with Gasteiger partial charge in [-0.3, -0.25) is 19.2 Å². The topological polar surface area (TPSA) is 130 Å². The first-order valence-corrected chi connectivity index (χ1v) is 10.2. The lowest BCUT2D eigenvalue weighted by molar-refractivity contribution is -0.131. The highest BCUT2D eigenvalue weighted by Crippen LogP contribution is 2.16. The molecular formula is C22H30N4O4. The SMILES string of the molecule is CC(C)CC(NC(=O)/C=C/c1ccccc1)C(=O)NC(C[C@@H]1CCNC1=O)C(N)=O. The number of rotatable bonds is 10. The number of nitrogens with two attached hydrogens (primary N) is 1. The van der Waals surface area contributed by atoms with Gasteiger partial charge in [-0.2, -0.15) is 0 Å². The minimum absolute atomic E-state index is 0.131. The molecule has 2 unspecified atom stereocenters. The minimum atomic E-state index is -0.974. The Hall–Kier alpha value is -3.16. The van der Waals surface area contributed by atoms with Crippen LogP contribution in [0.1, 0.15) is 38.7 Å². The molecule has 0 saturated carbocycles. The molecule has 0 spiro atoms. The maximum absolute atomic E-state index is 12.8. The Morgan fingerprint density at radius 3 is 2.43 bits per heavy atom. The fourth-order valence-corrected chi connectivity index (χ4v) is 3.33. The van der Waals surface area contributed by atoms with Crippen molar-refractivity contribution in [3.8, 4) is 0 Å². The maximum atomic E-state index is 12.8. The molecule has 1 aliphatic rings. The monoisotopic (exact) mass is 414 g/mol. The zero-order valence-corrected chi connectivity index (χ0v) is 17.4. The van der Waals surface area contributed by atoms with Crippen LogP contribution in [-0.2, 0) is 19.2 Å². The van der Waals surface area contributed by atoms with Crippen molar-refractivity contribution in [2.75, 3.05) is 6.54 Å². The van der Waals surface area contributed by atoms with Gasteiger partial charge in [0, 0.05) is 18.5 Å². The van der Waals surface area contributed by atoms with Crippen LogP contribution in [-0.4, -0.2) is 42.3 Å². The van der Waals surface area contributed by atoms with Crippen LogP contribution < -0.4 is 21.7 Å². The quantitative estimate of drug-likeness (QED) is 0.420. The van der Waals surface area contributed by atoms with Crippen molar-refractivity contribution in [3.63, 3.8) is 0 Å². The van der Waals surface area contributed by atoms with Crippen LogP contribution >= 0.6 is 0 Å². The summed E-state index contributed by atoms with van der Waals surface area (Å²) in [6.07, 6.45) is 4.15. The van der Waals surface area contributed by atoms with E-state index in [0.29, 0.717) is 19.4 Å². The molecule has 0 aliphatic carbocycles. The number of hydrogen-bond acceptors (Lipinski definition) is 4. The molecule has 4 amide bonds. The van der Waals surface area contributed by atoms with Crippen LogP contribution in [0.25, 0.3) is 6.08 Å². The molecule has 30 heavy (non-hydrogen) atoms. The molecule has 1 fully saturated rings. The van der Waals surface area contributed by atoms with Crippen LogP contribution in [0.3, 0.4) is 0 Å². The molecule has 5 N–H and O–H groups in total. The van der Waals surface area contributed by atoms with Crippen LogP contribution in [0.5, 0.6) is 0 Å². The summed E-state index contributed by atoms with van der Waals surface area (Å²) in [7, 11) is 0. The molecule has 3 atom stereocenters. The summed E-state index contributed by atoms with van der Waals surface area (Å²) in [5.74, 6) is -1.99. The minimum Gasteiger partial charge on any atom is -0.368 e. The van der Waals surface area contributed by atoms with Crippen molar-refractivity contribution in [2.45, 2.75) is 45.2 Å². The standard InChI is InChI=1S/C22H30N4O4/c1-14(2)12-18(25-19(27)9-8-15-6-4-3-5-7-15)22(30)26-17(20(23)28)13-16-10-11-24-21(16)29/h3-9,14,16-18H,10-13H2,1-2H3,(H2,23,28)(H,24,29)(H,25,27)(H,26,30)/b9-8+/t16-,17?,18?/m0/s1. The van der Waals surface area contributed by atoms with Crippen LogP contribution in [0.2, 0.25) is 0 Å². The van der Waals surface area contributed by atoms with E-state index in [1.807, 2.05) is 44.2 Å². The predicted octanol–water partition coefficient (Wildman–Crippen LogP) is 0.727. The fourth-order valence-electron chi connectivity index (χ4n) is 3.33. The van der Waals surface area contributed by atoms with Gasteiger partial charge in [0.1, 0.15) is 12.1 Å². The number of hydrogen-bond donors (Lipinski definition) is 4. The molecule has 8 heteroatoms. The number of primary amides is 1. The Kier molecular flexibility index (Phi) is 8.58. The van der Waals surface area contributed by atoms with E-state index in [9.17, 15) is 19.2 Å². The Morgan fingerprint density at radius 1 is 1.17 bits per heavy atom. The summed E-state index contributed by atoms with van der Waals surface area (Å²) in [6.45, 7) is 4.41. The van der Waals surface area contributed by atoms with E-state index in [1.165, 1.54) is 6.08 Å². The highest BCUT2D eigenvalue weighted by Gasteiger charge is 2.32. The molecule has 0 bridgehead atoms. The Morgan fingerprint density at radius 2 is 1.87 bits per heavy atom. The molecule has 1 heterocycles. The maximum Gasteiger partial charge on any atom is 0.244 e. The first-order chi connectivity index (χ1) is 14.3. The predicted molar refractivity (Wildman–Crippen MR) is 114 cm³/mol. The average molecular weight is 415 g/mol. The summed E-state index contributed by atoms with van der Waals surface area (Å²) in [5.41, 5.74) is 6.30. The first-order valence-electron chi connectivity index (χ1n) is 10.2. The van der Waals surface area contributed by atoms with Crippen LogP contribution in [0, 0.1) is 11.8 Å². The Labute approximate surface area is 176 Å². The fraction of sp³-hybridized carbons (Fsp3) is 0.455. The zero-order chi connectivity index (χ0) is 22.1. The summed E-state index contributed by atoms with van der Waals surface area (Å²) in [5, 5.41) is 8.01. The number of benzene rings is 1. The normalized spacial score (nSPS) is 18.1. The first kappa shape index (κ1) is 23.1. The van der Waals surface area contributed by atoms with E-state index in [-0.39, 0.29) is 24.2 Å². The molecule has 0 radical (unpaired) electrons. The highest BCUT2D eigenvalue weighted by atomic mass is 16.2. The van der Waals surface area contributed by atoms with E-state index in [4.69, 9.17) is 5.73 Å². The molecular weight excluding hydrogens is 384 g/mol. The van der Waals surface area contributed by atoms with Gasteiger partial charge in [-0.15, -0.1) is 0 Å². The van der Waals surface area contributed by atoms with Gasteiger partial charge in [0.2, 0.25) is 23.6 Å². The molecule has 1 aliphatic heterocycles. The molecule has 1 aromatic carbocycles. The lowest BCUT2D eigenvalue weighted by Gasteiger charge is -2.23. The lowest BCUT2D eigenvalue weighted by Crippen LogP contribution is -2.53.